The van der Waals surface area contributed by atoms with E-state index in [4.69, 9.17) is 5.73 Å². The number of anilines is 2. The number of aliphatic hydroxyl groups excluding tert-OH is 1. The lowest BCUT2D eigenvalue weighted by atomic mass is 10.2. The number of nitrogens with zero attached hydrogens (tertiary/aromatic N) is 2. The van der Waals surface area contributed by atoms with Crippen molar-refractivity contribution >= 4 is 33.3 Å². The van der Waals surface area contributed by atoms with Gasteiger partial charge in [0.25, 0.3) is 0 Å². The molecule has 5 nitrogen and oxygen atoms in total. The van der Waals surface area contributed by atoms with Gasteiger partial charge in [0.1, 0.15) is 10.6 Å². The van der Waals surface area contributed by atoms with E-state index in [0.717, 1.165) is 28.9 Å². The molecule has 0 saturated heterocycles. The summed E-state index contributed by atoms with van der Waals surface area (Å²) in [6.07, 6.45) is 1.96. The minimum atomic E-state index is -0.295. The van der Waals surface area contributed by atoms with Gasteiger partial charge in [0.15, 0.2) is 0 Å². The standard InChI is InChI=1S/C12H16N4OS/c1-6-4-8-10(14-5-9(17)7-2-3-7)15-12(13)16-11(8)18-6/h4,7,9,17H,2-3,5H2,1H3,(H3,13,14,15,16). The van der Waals surface area contributed by atoms with E-state index < -0.39 is 0 Å². The van der Waals surface area contributed by atoms with Crippen molar-refractivity contribution < 1.29 is 5.11 Å². The number of rotatable bonds is 4. The van der Waals surface area contributed by atoms with E-state index in [9.17, 15) is 5.11 Å². The predicted octanol–water partition coefficient (Wildman–Crippen LogP) is 1.76. The molecule has 1 aliphatic rings. The number of nitrogen functional groups attached to an aromatic ring is 1. The summed E-state index contributed by atoms with van der Waals surface area (Å²) in [7, 11) is 0. The summed E-state index contributed by atoms with van der Waals surface area (Å²) >= 11 is 1.60. The largest absolute Gasteiger partial charge is 0.391 e. The number of fused-ring (bicyclic) bond motifs is 1. The average Bonchev–Trinajstić information content (AvgIpc) is 3.08. The summed E-state index contributed by atoms with van der Waals surface area (Å²) in [6.45, 7) is 2.55. The fourth-order valence-corrected chi connectivity index (χ4v) is 2.93. The Bertz CT molecular complexity index is 579. The highest BCUT2D eigenvalue weighted by Crippen LogP contribution is 2.33. The molecule has 0 spiro atoms. The van der Waals surface area contributed by atoms with Crippen molar-refractivity contribution in [1.29, 1.82) is 0 Å². The summed E-state index contributed by atoms with van der Waals surface area (Å²) in [4.78, 5) is 10.5. The Morgan fingerprint density at radius 1 is 1.56 bits per heavy atom. The normalized spacial score (nSPS) is 17.0. The zero-order chi connectivity index (χ0) is 12.7. The molecule has 0 bridgehead atoms. The summed E-state index contributed by atoms with van der Waals surface area (Å²) in [5.41, 5.74) is 5.69. The summed E-state index contributed by atoms with van der Waals surface area (Å²) < 4.78 is 0. The molecule has 0 amide bonds. The van der Waals surface area contributed by atoms with Gasteiger partial charge in [-0.05, 0) is 31.7 Å². The second-order valence-corrected chi connectivity index (χ2v) is 6.03. The lowest BCUT2D eigenvalue weighted by molar-refractivity contribution is 0.164. The van der Waals surface area contributed by atoms with Crippen LogP contribution in [0.3, 0.4) is 0 Å². The van der Waals surface area contributed by atoms with Gasteiger partial charge in [-0.1, -0.05) is 0 Å². The first-order valence-corrected chi connectivity index (χ1v) is 6.91. The third kappa shape index (κ3) is 2.26. The Hall–Kier alpha value is -1.40. The number of hydrogen-bond acceptors (Lipinski definition) is 6. The Morgan fingerprint density at radius 2 is 2.33 bits per heavy atom. The molecule has 1 atom stereocenters. The average molecular weight is 264 g/mol. The van der Waals surface area contributed by atoms with Crippen molar-refractivity contribution in [2.45, 2.75) is 25.9 Å². The minimum Gasteiger partial charge on any atom is -0.391 e. The van der Waals surface area contributed by atoms with Gasteiger partial charge in [-0.25, -0.2) is 4.98 Å². The number of aryl methyl sites for hydroxylation is 1. The van der Waals surface area contributed by atoms with Gasteiger partial charge in [-0.15, -0.1) is 11.3 Å². The quantitative estimate of drug-likeness (QED) is 0.783. The van der Waals surface area contributed by atoms with Crippen LogP contribution in [0.2, 0.25) is 0 Å². The molecule has 4 N–H and O–H groups in total. The number of nitrogens with one attached hydrogen (secondary N) is 1. The van der Waals surface area contributed by atoms with Gasteiger partial charge in [0, 0.05) is 11.4 Å². The zero-order valence-corrected chi connectivity index (χ0v) is 11.0. The van der Waals surface area contributed by atoms with Crippen molar-refractivity contribution in [3.8, 4) is 0 Å². The van der Waals surface area contributed by atoms with Crippen molar-refractivity contribution in [2.75, 3.05) is 17.6 Å². The first-order chi connectivity index (χ1) is 8.63. The molecule has 2 aromatic heterocycles. The molecule has 1 fully saturated rings. The van der Waals surface area contributed by atoms with Gasteiger partial charge < -0.3 is 16.2 Å². The van der Waals surface area contributed by atoms with Gasteiger partial charge in [-0.3, -0.25) is 0 Å². The monoisotopic (exact) mass is 264 g/mol. The van der Waals surface area contributed by atoms with Crippen LogP contribution in [0.25, 0.3) is 10.2 Å². The number of hydrogen-bond donors (Lipinski definition) is 3. The van der Waals surface area contributed by atoms with Crippen LogP contribution in [0.4, 0.5) is 11.8 Å². The van der Waals surface area contributed by atoms with Crippen molar-refractivity contribution in [1.82, 2.24) is 9.97 Å². The van der Waals surface area contributed by atoms with Crippen LogP contribution in [0.1, 0.15) is 17.7 Å². The van der Waals surface area contributed by atoms with Crippen LogP contribution < -0.4 is 11.1 Å². The molecular weight excluding hydrogens is 248 g/mol. The molecule has 0 aromatic carbocycles. The maximum absolute atomic E-state index is 9.86. The Labute approximate surface area is 109 Å². The van der Waals surface area contributed by atoms with E-state index in [-0.39, 0.29) is 12.1 Å². The molecule has 1 saturated carbocycles. The van der Waals surface area contributed by atoms with Crippen LogP contribution in [0, 0.1) is 12.8 Å². The maximum Gasteiger partial charge on any atom is 0.223 e. The summed E-state index contributed by atoms with van der Waals surface area (Å²) in [5, 5.41) is 14.0. The van der Waals surface area contributed by atoms with E-state index in [1.807, 2.05) is 13.0 Å². The Balaban J connectivity index is 1.85. The summed E-state index contributed by atoms with van der Waals surface area (Å²) in [5.74, 6) is 1.45. The molecule has 1 unspecified atom stereocenters. The first kappa shape index (κ1) is 11.7. The number of nitrogens with two attached hydrogens (primary N) is 1. The van der Waals surface area contributed by atoms with E-state index >= 15 is 0 Å². The molecular formula is C12H16N4OS. The van der Waals surface area contributed by atoms with Crippen LogP contribution in [0.15, 0.2) is 6.07 Å². The molecule has 3 rings (SSSR count). The highest BCUT2D eigenvalue weighted by atomic mass is 32.1. The molecule has 2 aromatic rings. The van der Waals surface area contributed by atoms with Crippen LogP contribution >= 0.6 is 11.3 Å². The van der Waals surface area contributed by atoms with Gasteiger partial charge in [0.05, 0.1) is 11.5 Å². The van der Waals surface area contributed by atoms with Crippen LogP contribution in [0.5, 0.6) is 0 Å². The van der Waals surface area contributed by atoms with E-state index in [1.54, 1.807) is 11.3 Å². The number of aliphatic hydroxyl groups is 1. The van der Waals surface area contributed by atoms with Crippen molar-refractivity contribution in [2.24, 2.45) is 5.92 Å². The van der Waals surface area contributed by atoms with Gasteiger partial charge in [-0.2, -0.15) is 4.98 Å². The molecule has 0 aliphatic heterocycles. The maximum atomic E-state index is 9.86. The van der Waals surface area contributed by atoms with Crippen LogP contribution in [-0.2, 0) is 0 Å². The predicted molar refractivity (Wildman–Crippen MR) is 73.8 cm³/mol. The van der Waals surface area contributed by atoms with E-state index in [1.165, 1.54) is 4.88 Å². The fourth-order valence-electron chi connectivity index (χ4n) is 2.04. The number of thiophene rings is 1. The molecule has 18 heavy (non-hydrogen) atoms. The summed E-state index contributed by atoms with van der Waals surface area (Å²) in [6, 6.07) is 2.05. The third-order valence-electron chi connectivity index (χ3n) is 3.18. The smallest absolute Gasteiger partial charge is 0.223 e. The van der Waals surface area contributed by atoms with E-state index in [2.05, 4.69) is 15.3 Å². The second kappa shape index (κ2) is 4.37. The van der Waals surface area contributed by atoms with Gasteiger partial charge >= 0.3 is 0 Å². The Morgan fingerprint density at radius 3 is 3.06 bits per heavy atom. The molecule has 0 radical (unpaired) electrons. The third-order valence-corrected chi connectivity index (χ3v) is 4.12. The minimum absolute atomic E-state index is 0.271. The fraction of sp³-hybridized carbons (Fsp3) is 0.500. The lowest BCUT2D eigenvalue weighted by Gasteiger charge is -2.11. The molecule has 1 aliphatic carbocycles. The van der Waals surface area contributed by atoms with Crippen molar-refractivity contribution in [3.05, 3.63) is 10.9 Å². The highest BCUT2D eigenvalue weighted by Gasteiger charge is 2.29. The first-order valence-electron chi connectivity index (χ1n) is 6.09. The molecule has 96 valence electrons. The van der Waals surface area contributed by atoms with E-state index in [0.29, 0.717) is 12.5 Å². The van der Waals surface area contributed by atoms with Gasteiger partial charge in [0.2, 0.25) is 5.95 Å². The SMILES string of the molecule is Cc1cc2c(NCC(O)C3CC3)nc(N)nc2s1. The number of aromatic nitrogens is 2. The lowest BCUT2D eigenvalue weighted by Crippen LogP contribution is -2.22. The molecule has 6 heteroatoms. The molecule has 2 heterocycles. The highest BCUT2D eigenvalue weighted by molar-refractivity contribution is 7.18. The second-order valence-electron chi connectivity index (χ2n) is 4.79. The zero-order valence-electron chi connectivity index (χ0n) is 10.2. The van der Waals surface area contributed by atoms with Crippen molar-refractivity contribution in [3.63, 3.8) is 0 Å². The van der Waals surface area contributed by atoms with Crippen LogP contribution in [-0.4, -0.2) is 27.7 Å². The topological polar surface area (TPSA) is 84.1 Å². The Kier molecular flexibility index (Phi) is 2.83.